The molecule has 0 radical (unpaired) electrons. The molecule has 2 aromatic rings. The largest absolute Gasteiger partial charge is 0.465 e. The van der Waals surface area contributed by atoms with Gasteiger partial charge in [0, 0.05) is 50.1 Å². The lowest BCUT2D eigenvalue weighted by Gasteiger charge is -2.35. The van der Waals surface area contributed by atoms with Crippen molar-refractivity contribution < 1.29 is 9.21 Å². The van der Waals surface area contributed by atoms with Crippen LogP contribution in [0.5, 0.6) is 0 Å². The van der Waals surface area contributed by atoms with E-state index in [0.717, 1.165) is 62.5 Å². The van der Waals surface area contributed by atoms with Crippen LogP contribution in [0.3, 0.4) is 0 Å². The maximum Gasteiger partial charge on any atom is 0.254 e. The number of hydrogen-bond acceptors (Lipinski definition) is 4. The highest BCUT2D eigenvalue weighted by Gasteiger charge is 2.36. The number of nitrogens with zero attached hydrogens (tertiary/aromatic N) is 3. The van der Waals surface area contributed by atoms with Gasteiger partial charge in [-0.1, -0.05) is 6.92 Å². The first-order chi connectivity index (χ1) is 12.7. The maximum atomic E-state index is 12.9. The van der Waals surface area contributed by atoms with Crippen molar-refractivity contribution in [3.05, 3.63) is 53.7 Å². The van der Waals surface area contributed by atoms with E-state index >= 15 is 0 Å². The molecule has 3 fully saturated rings. The van der Waals surface area contributed by atoms with E-state index < -0.39 is 0 Å². The number of fused-ring (bicyclic) bond motifs is 4. The molecule has 5 nitrogen and oxygen atoms in total. The molecule has 2 atom stereocenters. The van der Waals surface area contributed by atoms with Gasteiger partial charge in [-0.15, -0.1) is 0 Å². The summed E-state index contributed by atoms with van der Waals surface area (Å²) in [5.41, 5.74) is 0.739. The summed E-state index contributed by atoms with van der Waals surface area (Å²) in [6.07, 6.45) is 7.86. The van der Waals surface area contributed by atoms with Crippen molar-refractivity contribution in [3.8, 4) is 0 Å². The Kier molecular flexibility index (Phi) is 5.07. The first kappa shape index (κ1) is 17.3. The third-order valence-corrected chi connectivity index (χ3v) is 5.61. The summed E-state index contributed by atoms with van der Waals surface area (Å²) in [5, 5.41) is 0. The Balaban J connectivity index is 1.45. The molecular formula is C21H27N3O2. The number of pyridine rings is 1. The molecule has 5 heteroatoms. The normalized spacial score (nSPS) is 23.2. The number of carbonyl (C=O) groups excluding carboxylic acids is 1. The molecule has 1 amide bonds. The highest BCUT2D eigenvalue weighted by atomic mass is 16.3. The van der Waals surface area contributed by atoms with Crippen molar-refractivity contribution in [1.82, 2.24) is 14.8 Å². The zero-order valence-electron chi connectivity index (χ0n) is 15.4. The molecule has 2 bridgehead atoms. The fourth-order valence-electron chi connectivity index (χ4n) is 4.30. The van der Waals surface area contributed by atoms with Crippen LogP contribution in [0.25, 0.3) is 0 Å². The van der Waals surface area contributed by atoms with Crippen LogP contribution in [0.4, 0.5) is 0 Å². The monoisotopic (exact) mass is 353 g/mol. The molecule has 0 saturated carbocycles. The lowest BCUT2D eigenvalue weighted by atomic mass is 9.95. The summed E-state index contributed by atoms with van der Waals surface area (Å²) in [4.78, 5) is 21.5. The molecule has 0 unspecified atom stereocenters. The molecule has 3 aliphatic rings. The van der Waals surface area contributed by atoms with Crippen LogP contribution in [-0.2, 0) is 13.0 Å². The summed E-state index contributed by atoms with van der Waals surface area (Å²) in [6.45, 7) is 5.73. The SMILES string of the molecule is CCCc1ccc(CN2C[C@H]3CC[C@@H]2CN(C(=O)c2ccncc2)C3)o1. The lowest BCUT2D eigenvalue weighted by molar-refractivity contribution is 0.0733. The Hall–Kier alpha value is -2.14. The minimum absolute atomic E-state index is 0.134. The fraction of sp³-hybridized carbons (Fsp3) is 0.524. The van der Waals surface area contributed by atoms with E-state index in [9.17, 15) is 4.79 Å². The predicted octanol–water partition coefficient (Wildman–Crippen LogP) is 3.36. The standard InChI is InChI=1S/C21H27N3O2/c1-2-3-19-6-7-20(26-19)15-23-12-16-4-5-18(23)14-24(13-16)21(25)17-8-10-22-11-9-17/h6-11,16,18H,2-5,12-15H2,1H3/t16-,18-/m1/s1. The van der Waals surface area contributed by atoms with E-state index in [1.807, 2.05) is 17.0 Å². The van der Waals surface area contributed by atoms with Crippen LogP contribution in [-0.4, -0.2) is 46.4 Å². The second-order valence-electron chi connectivity index (χ2n) is 7.59. The first-order valence-corrected chi connectivity index (χ1v) is 9.74. The molecule has 3 saturated heterocycles. The van der Waals surface area contributed by atoms with Gasteiger partial charge in [0.2, 0.25) is 0 Å². The van der Waals surface area contributed by atoms with Gasteiger partial charge in [-0.3, -0.25) is 14.7 Å². The number of hydrogen-bond donors (Lipinski definition) is 0. The van der Waals surface area contributed by atoms with E-state index in [-0.39, 0.29) is 5.91 Å². The van der Waals surface area contributed by atoms with Gasteiger partial charge >= 0.3 is 0 Å². The molecule has 138 valence electrons. The third kappa shape index (κ3) is 3.68. The zero-order chi connectivity index (χ0) is 17.9. The number of rotatable bonds is 5. The predicted molar refractivity (Wildman–Crippen MR) is 99.8 cm³/mol. The van der Waals surface area contributed by atoms with Gasteiger partial charge in [0.05, 0.1) is 6.54 Å². The summed E-state index contributed by atoms with van der Waals surface area (Å²) < 4.78 is 5.99. The molecule has 5 heterocycles. The van der Waals surface area contributed by atoms with Crippen molar-refractivity contribution in [2.24, 2.45) is 5.92 Å². The van der Waals surface area contributed by atoms with Gasteiger partial charge in [0.15, 0.2) is 0 Å². The topological polar surface area (TPSA) is 49.6 Å². The minimum Gasteiger partial charge on any atom is -0.465 e. The number of piperidine rings is 1. The molecule has 0 aliphatic carbocycles. The number of amides is 1. The number of furan rings is 1. The number of aryl methyl sites for hydroxylation is 1. The van der Waals surface area contributed by atoms with Crippen molar-refractivity contribution in [1.29, 1.82) is 0 Å². The lowest BCUT2D eigenvalue weighted by Crippen LogP contribution is -2.43. The smallest absolute Gasteiger partial charge is 0.254 e. The maximum absolute atomic E-state index is 12.9. The fourth-order valence-corrected chi connectivity index (χ4v) is 4.30. The van der Waals surface area contributed by atoms with Gasteiger partial charge in [0.1, 0.15) is 11.5 Å². The van der Waals surface area contributed by atoms with E-state index in [4.69, 9.17) is 4.42 Å². The van der Waals surface area contributed by atoms with E-state index in [0.29, 0.717) is 12.0 Å². The highest BCUT2D eigenvalue weighted by molar-refractivity contribution is 5.94. The number of carbonyl (C=O) groups is 1. The Labute approximate surface area is 155 Å². The summed E-state index contributed by atoms with van der Waals surface area (Å²) in [6, 6.07) is 8.26. The molecule has 2 aromatic heterocycles. The van der Waals surface area contributed by atoms with Crippen LogP contribution in [0.2, 0.25) is 0 Å². The Morgan fingerprint density at radius 2 is 1.92 bits per heavy atom. The van der Waals surface area contributed by atoms with Crippen LogP contribution in [0.15, 0.2) is 41.1 Å². The van der Waals surface area contributed by atoms with Crippen LogP contribution in [0.1, 0.15) is 48.1 Å². The van der Waals surface area contributed by atoms with Crippen molar-refractivity contribution in [2.45, 2.75) is 45.2 Å². The molecule has 3 aliphatic heterocycles. The third-order valence-electron chi connectivity index (χ3n) is 5.61. The highest BCUT2D eigenvalue weighted by Crippen LogP contribution is 2.30. The Bertz CT molecular complexity index is 743. The average Bonchev–Trinajstić information content (AvgIpc) is 2.90. The van der Waals surface area contributed by atoms with Crippen molar-refractivity contribution >= 4 is 5.91 Å². The van der Waals surface area contributed by atoms with Crippen LogP contribution < -0.4 is 0 Å². The minimum atomic E-state index is 0.134. The van der Waals surface area contributed by atoms with Gasteiger partial charge in [-0.2, -0.15) is 0 Å². The van der Waals surface area contributed by atoms with E-state index in [2.05, 4.69) is 28.9 Å². The van der Waals surface area contributed by atoms with E-state index in [1.165, 1.54) is 6.42 Å². The zero-order valence-corrected chi connectivity index (χ0v) is 15.4. The van der Waals surface area contributed by atoms with Crippen LogP contribution >= 0.6 is 0 Å². The van der Waals surface area contributed by atoms with E-state index in [1.54, 1.807) is 12.4 Å². The molecule has 0 N–H and O–H groups in total. The first-order valence-electron chi connectivity index (χ1n) is 9.74. The Morgan fingerprint density at radius 3 is 2.73 bits per heavy atom. The molecular weight excluding hydrogens is 326 g/mol. The number of aromatic nitrogens is 1. The molecule has 26 heavy (non-hydrogen) atoms. The Morgan fingerprint density at radius 1 is 1.12 bits per heavy atom. The quantitative estimate of drug-likeness (QED) is 0.827. The van der Waals surface area contributed by atoms with Gasteiger partial charge in [-0.05, 0) is 49.4 Å². The second-order valence-corrected chi connectivity index (χ2v) is 7.59. The molecule has 0 spiro atoms. The van der Waals surface area contributed by atoms with Gasteiger partial charge < -0.3 is 9.32 Å². The van der Waals surface area contributed by atoms with Crippen molar-refractivity contribution in [2.75, 3.05) is 19.6 Å². The summed E-state index contributed by atoms with van der Waals surface area (Å²) in [5.74, 6) is 2.81. The van der Waals surface area contributed by atoms with Gasteiger partial charge in [0.25, 0.3) is 5.91 Å². The van der Waals surface area contributed by atoms with Crippen LogP contribution in [0, 0.1) is 5.92 Å². The van der Waals surface area contributed by atoms with Crippen molar-refractivity contribution in [3.63, 3.8) is 0 Å². The molecule has 5 rings (SSSR count). The summed E-state index contributed by atoms with van der Waals surface area (Å²) >= 11 is 0. The molecule has 0 aromatic carbocycles. The second kappa shape index (κ2) is 7.62. The van der Waals surface area contributed by atoms with Gasteiger partial charge in [-0.25, -0.2) is 0 Å². The average molecular weight is 353 g/mol. The summed E-state index contributed by atoms with van der Waals surface area (Å²) in [7, 11) is 0.